The standard InChI is InChI=1S/C11H12NO3/c1-12(11(13)14-2)9-3-4-10-8(7-9)5-6-15-10/h3-4,7H,2,5-6H2,1H3. The lowest BCUT2D eigenvalue weighted by Gasteiger charge is -2.15. The molecule has 79 valence electrons. The van der Waals surface area contributed by atoms with Crippen molar-refractivity contribution in [2.45, 2.75) is 6.42 Å². The van der Waals surface area contributed by atoms with E-state index in [2.05, 4.69) is 11.8 Å². The molecular weight excluding hydrogens is 194 g/mol. The molecule has 0 aliphatic carbocycles. The second-order valence-electron chi connectivity index (χ2n) is 3.36. The lowest BCUT2D eigenvalue weighted by Crippen LogP contribution is -2.25. The van der Waals surface area contributed by atoms with E-state index in [1.807, 2.05) is 18.2 Å². The first-order valence-corrected chi connectivity index (χ1v) is 4.68. The van der Waals surface area contributed by atoms with Crippen LogP contribution in [0.25, 0.3) is 0 Å². The van der Waals surface area contributed by atoms with Crippen molar-refractivity contribution >= 4 is 11.8 Å². The Kier molecular flexibility index (Phi) is 2.49. The molecule has 0 atom stereocenters. The second-order valence-corrected chi connectivity index (χ2v) is 3.36. The summed E-state index contributed by atoms with van der Waals surface area (Å²) in [5.74, 6) is 0.898. The summed E-state index contributed by atoms with van der Waals surface area (Å²) in [6.07, 6.45) is 0.407. The molecule has 2 rings (SSSR count). The molecule has 0 aromatic heterocycles. The number of ether oxygens (including phenoxy) is 2. The van der Waals surface area contributed by atoms with Gasteiger partial charge < -0.3 is 9.47 Å². The topological polar surface area (TPSA) is 38.8 Å². The van der Waals surface area contributed by atoms with E-state index < -0.39 is 6.09 Å². The maximum absolute atomic E-state index is 11.2. The fourth-order valence-corrected chi connectivity index (χ4v) is 1.58. The zero-order chi connectivity index (χ0) is 10.8. The quantitative estimate of drug-likeness (QED) is 0.705. The molecule has 1 heterocycles. The molecule has 0 fully saturated rings. The van der Waals surface area contributed by atoms with Gasteiger partial charge >= 0.3 is 6.09 Å². The van der Waals surface area contributed by atoms with Crippen LogP contribution in [-0.2, 0) is 11.2 Å². The number of fused-ring (bicyclic) bond motifs is 1. The lowest BCUT2D eigenvalue weighted by molar-refractivity contribution is 0.192. The Morgan fingerprint density at radius 3 is 3.13 bits per heavy atom. The van der Waals surface area contributed by atoms with Gasteiger partial charge in [0.2, 0.25) is 0 Å². The largest absolute Gasteiger partial charge is 0.493 e. The van der Waals surface area contributed by atoms with E-state index in [9.17, 15) is 4.79 Å². The van der Waals surface area contributed by atoms with Crippen molar-refractivity contribution in [3.63, 3.8) is 0 Å². The Bertz CT molecular complexity index is 389. The second kappa shape index (κ2) is 3.81. The first-order chi connectivity index (χ1) is 7.22. The molecule has 4 heteroatoms. The summed E-state index contributed by atoms with van der Waals surface area (Å²) in [5.41, 5.74) is 1.91. The van der Waals surface area contributed by atoms with Gasteiger partial charge in [0.1, 0.15) is 12.9 Å². The summed E-state index contributed by atoms with van der Waals surface area (Å²) < 4.78 is 9.76. The lowest BCUT2D eigenvalue weighted by atomic mass is 10.1. The summed E-state index contributed by atoms with van der Waals surface area (Å²) in [7, 11) is 4.73. The molecule has 4 nitrogen and oxygen atoms in total. The normalized spacial score (nSPS) is 12.9. The van der Waals surface area contributed by atoms with Gasteiger partial charge in [-0.2, -0.15) is 0 Å². The zero-order valence-electron chi connectivity index (χ0n) is 8.53. The molecule has 0 N–H and O–H groups in total. The Labute approximate surface area is 88.4 Å². The van der Waals surface area contributed by atoms with Crippen LogP contribution in [-0.4, -0.2) is 19.7 Å². The maximum Gasteiger partial charge on any atom is 0.414 e. The van der Waals surface area contributed by atoms with Crippen LogP contribution in [0.15, 0.2) is 18.2 Å². The number of nitrogens with zero attached hydrogens (tertiary/aromatic N) is 1. The summed E-state index contributed by atoms with van der Waals surface area (Å²) in [5, 5.41) is 0. The fourth-order valence-electron chi connectivity index (χ4n) is 1.58. The van der Waals surface area contributed by atoms with Gasteiger partial charge in [-0.15, -0.1) is 0 Å². The van der Waals surface area contributed by atoms with Crippen LogP contribution in [0.2, 0.25) is 0 Å². The van der Waals surface area contributed by atoms with Gasteiger partial charge in [-0.1, -0.05) is 0 Å². The van der Waals surface area contributed by atoms with Gasteiger partial charge in [0.15, 0.2) is 0 Å². The summed E-state index contributed by atoms with van der Waals surface area (Å²) >= 11 is 0. The van der Waals surface area contributed by atoms with Crippen molar-refractivity contribution in [3.8, 4) is 5.75 Å². The Hall–Kier alpha value is -1.71. The minimum Gasteiger partial charge on any atom is -0.493 e. The van der Waals surface area contributed by atoms with Crippen LogP contribution in [0.1, 0.15) is 5.56 Å². The Morgan fingerprint density at radius 2 is 2.40 bits per heavy atom. The molecule has 0 spiro atoms. The first-order valence-electron chi connectivity index (χ1n) is 4.68. The number of carbonyl (C=O) groups excluding carboxylic acids is 1. The van der Waals surface area contributed by atoms with Gasteiger partial charge in [-0.3, -0.25) is 4.90 Å². The summed E-state index contributed by atoms with van der Waals surface area (Å²) in [6.45, 7) is 0.711. The molecule has 1 aromatic rings. The third-order valence-corrected chi connectivity index (χ3v) is 2.46. The molecule has 1 aliphatic rings. The van der Waals surface area contributed by atoms with E-state index in [1.165, 1.54) is 4.90 Å². The molecule has 0 saturated heterocycles. The molecular formula is C11H12NO3. The molecule has 1 aromatic carbocycles. The van der Waals surface area contributed by atoms with Gasteiger partial charge in [0.25, 0.3) is 0 Å². The monoisotopic (exact) mass is 206 g/mol. The van der Waals surface area contributed by atoms with Gasteiger partial charge in [0, 0.05) is 19.2 Å². The number of rotatable bonds is 1. The van der Waals surface area contributed by atoms with Crippen LogP contribution >= 0.6 is 0 Å². The van der Waals surface area contributed by atoms with Gasteiger partial charge in [-0.25, -0.2) is 4.79 Å². The number of amides is 1. The molecule has 0 bridgehead atoms. The smallest absolute Gasteiger partial charge is 0.414 e. The predicted molar refractivity (Wildman–Crippen MR) is 55.9 cm³/mol. The van der Waals surface area contributed by atoms with Crippen molar-refractivity contribution in [3.05, 3.63) is 30.9 Å². The van der Waals surface area contributed by atoms with Gasteiger partial charge in [-0.05, 0) is 23.8 Å². The number of benzene rings is 1. The predicted octanol–water partition coefficient (Wildman–Crippen LogP) is 1.99. The van der Waals surface area contributed by atoms with E-state index in [4.69, 9.17) is 4.74 Å². The average Bonchev–Trinajstić information content (AvgIpc) is 2.73. The highest BCUT2D eigenvalue weighted by atomic mass is 16.5. The third-order valence-electron chi connectivity index (χ3n) is 2.46. The minimum atomic E-state index is -0.478. The number of hydrogen-bond donors (Lipinski definition) is 0. The highest BCUT2D eigenvalue weighted by Gasteiger charge is 2.16. The van der Waals surface area contributed by atoms with Crippen molar-refractivity contribution in [2.75, 3.05) is 18.6 Å². The van der Waals surface area contributed by atoms with E-state index in [1.54, 1.807) is 7.05 Å². The fraction of sp³-hybridized carbons (Fsp3) is 0.273. The van der Waals surface area contributed by atoms with Crippen molar-refractivity contribution in [1.82, 2.24) is 0 Å². The van der Waals surface area contributed by atoms with Crippen LogP contribution < -0.4 is 9.64 Å². The Morgan fingerprint density at radius 1 is 1.60 bits per heavy atom. The SMILES string of the molecule is [CH2]OC(=O)N(C)c1ccc2c(c1)CCO2. The van der Waals surface area contributed by atoms with Gasteiger partial charge in [0.05, 0.1) is 6.61 Å². The molecule has 1 radical (unpaired) electrons. The molecule has 1 amide bonds. The minimum absolute atomic E-state index is 0.478. The summed E-state index contributed by atoms with van der Waals surface area (Å²) in [4.78, 5) is 12.6. The van der Waals surface area contributed by atoms with Crippen LogP contribution in [0.5, 0.6) is 5.75 Å². The maximum atomic E-state index is 11.2. The average molecular weight is 206 g/mol. The van der Waals surface area contributed by atoms with E-state index in [0.29, 0.717) is 6.61 Å². The number of hydrogen-bond acceptors (Lipinski definition) is 3. The highest BCUT2D eigenvalue weighted by Crippen LogP contribution is 2.29. The molecule has 1 aliphatic heterocycles. The summed E-state index contributed by atoms with van der Waals surface area (Å²) in [6, 6.07) is 5.62. The number of carbonyl (C=O) groups is 1. The van der Waals surface area contributed by atoms with E-state index in [-0.39, 0.29) is 0 Å². The third kappa shape index (κ3) is 1.75. The van der Waals surface area contributed by atoms with Crippen molar-refractivity contribution < 1.29 is 14.3 Å². The molecule has 15 heavy (non-hydrogen) atoms. The van der Waals surface area contributed by atoms with Crippen LogP contribution in [0, 0.1) is 7.11 Å². The molecule has 0 saturated carbocycles. The highest BCUT2D eigenvalue weighted by molar-refractivity contribution is 5.87. The van der Waals surface area contributed by atoms with Crippen molar-refractivity contribution in [2.24, 2.45) is 0 Å². The number of anilines is 1. The zero-order valence-corrected chi connectivity index (χ0v) is 8.53. The Balaban J connectivity index is 2.26. The van der Waals surface area contributed by atoms with Crippen LogP contribution in [0.4, 0.5) is 10.5 Å². The first kappa shape index (κ1) is 9.83. The molecule has 0 unspecified atom stereocenters. The van der Waals surface area contributed by atoms with E-state index in [0.717, 1.165) is 23.4 Å². The van der Waals surface area contributed by atoms with Crippen molar-refractivity contribution in [1.29, 1.82) is 0 Å². The van der Waals surface area contributed by atoms with Crippen LogP contribution in [0.3, 0.4) is 0 Å². The van der Waals surface area contributed by atoms with E-state index >= 15 is 0 Å².